The number of aryl methyl sites for hydroxylation is 2. The Morgan fingerprint density at radius 1 is 0.882 bits per heavy atom. The SMILES string of the molecule is Cc1cccc(C)c1N1C[C@H](C(=O)Nc2ccc(Oc3cccc4ccccc34)cc2)CC1=O. The number of para-hydroxylation sites is 1. The van der Waals surface area contributed by atoms with Gasteiger partial charge in [-0.15, -0.1) is 0 Å². The lowest BCUT2D eigenvalue weighted by atomic mass is 10.1. The molecule has 0 radical (unpaired) electrons. The van der Waals surface area contributed by atoms with Crippen LogP contribution in [0.4, 0.5) is 11.4 Å². The molecule has 0 saturated carbocycles. The second-order valence-corrected chi connectivity index (χ2v) is 8.74. The molecule has 5 nitrogen and oxygen atoms in total. The minimum Gasteiger partial charge on any atom is -0.457 e. The summed E-state index contributed by atoms with van der Waals surface area (Å²) in [6, 6.07) is 27.3. The number of hydrogen-bond donors (Lipinski definition) is 1. The molecule has 1 N–H and O–H groups in total. The van der Waals surface area contributed by atoms with Crippen molar-refractivity contribution in [3.05, 3.63) is 96.1 Å². The standard InChI is InChI=1S/C29H26N2O3/c1-19-7-5-8-20(2)28(19)31-18-22(17-27(31)32)29(33)30-23-13-15-24(16-14-23)34-26-12-6-10-21-9-3-4-11-25(21)26/h3-16,22H,17-18H2,1-2H3,(H,30,33)/t22-/m1/s1. The monoisotopic (exact) mass is 450 g/mol. The summed E-state index contributed by atoms with van der Waals surface area (Å²) >= 11 is 0. The molecule has 5 heteroatoms. The number of nitrogens with one attached hydrogen (secondary N) is 1. The smallest absolute Gasteiger partial charge is 0.229 e. The number of hydrogen-bond acceptors (Lipinski definition) is 3. The van der Waals surface area contributed by atoms with Crippen LogP contribution in [-0.2, 0) is 9.59 Å². The van der Waals surface area contributed by atoms with Crippen LogP contribution in [0.5, 0.6) is 11.5 Å². The topological polar surface area (TPSA) is 58.6 Å². The van der Waals surface area contributed by atoms with E-state index in [1.54, 1.807) is 4.90 Å². The Bertz CT molecular complexity index is 1350. The quantitative estimate of drug-likeness (QED) is 0.391. The number of anilines is 2. The van der Waals surface area contributed by atoms with E-state index < -0.39 is 5.92 Å². The van der Waals surface area contributed by atoms with Gasteiger partial charge in [-0.05, 0) is 60.7 Å². The van der Waals surface area contributed by atoms with Gasteiger partial charge in [0.05, 0.1) is 5.92 Å². The van der Waals surface area contributed by atoms with Gasteiger partial charge >= 0.3 is 0 Å². The van der Waals surface area contributed by atoms with Crippen molar-refractivity contribution in [1.29, 1.82) is 0 Å². The lowest BCUT2D eigenvalue weighted by molar-refractivity contribution is -0.122. The van der Waals surface area contributed by atoms with Gasteiger partial charge in [-0.3, -0.25) is 9.59 Å². The van der Waals surface area contributed by atoms with E-state index in [9.17, 15) is 9.59 Å². The Morgan fingerprint density at radius 3 is 2.32 bits per heavy atom. The van der Waals surface area contributed by atoms with E-state index in [-0.39, 0.29) is 18.2 Å². The Morgan fingerprint density at radius 2 is 1.56 bits per heavy atom. The maximum absolute atomic E-state index is 12.9. The molecule has 4 aromatic rings. The third-order valence-electron chi connectivity index (χ3n) is 6.30. The molecule has 1 atom stereocenters. The second kappa shape index (κ2) is 9.02. The lowest BCUT2D eigenvalue weighted by Crippen LogP contribution is -2.29. The average Bonchev–Trinajstić information content (AvgIpc) is 3.22. The first kappa shape index (κ1) is 21.7. The van der Waals surface area contributed by atoms with Crippen molar-refractivity contribution in [2.45, 2.75) is 20.3 Å². The molecule has 1 aliphatic heterocycles. The summed E-state index contributed by atoms with van der Waals surface area (Å²) in [6.07, 6.45) is 0.210. The molecule has 1 heterocycles. The summed E-state index contributed by atoms with van der Waals surface area (Å²) < 4.78 is 6.09. The summed E-state index contributed by atoms with van der Waals surface area (Å²) in [5.41, 5.74) is 3.67. The Balaban J connectivity index is 1.25. The van der Waals surface area contributed by atoms with Crippen LogP contribution >= 0.6 is 0 Å². The van der Waals surface area contributed by atoms with Crippen LogP contribution in [0.1, 0.15) is 17.5 Å². The third kappa shape index (κ3) is 4.25. The predicted octanol–water partition coefficient (Wildman–Crippen LogP) is 6.24. The first-order valence-electron chi connectivity index (χ1n) is 11.4. The van der Waals surface area contributed by atoms with Crippen LogP contribution in [0.3, 0.4) is 0 Å². The van der Waals surface area contributed by atoms with Crippen LogP contribution in [0.15, 0.2) is 84.9 Å². The maximum Gasteiger partial charge on any atom is 0.229 e. The number of nitrogens with zero attached hydrogens (tertiary/aromatic N) is 1. The highest BCUT2D eigenvalue weighted by molar-refractivity contribution is 6.04. The fourth-order valence-electron chi connectivity index (χ4n) is 4.59. The van der Waals surface area contributed by atoms with E-state index in [0.717, 1.165) is 33.3 Å². The second-order valence-electron chi connectivity index (χ2n) is 8.74. The number of carbonyl (C=O) groups excluding carboxylic acids is 2. The average molecular weight is 451 g/mol. The van der Waals surface area contributed by atoms with Crippen molar-refractivity contribution in [2.24, 2.45) is 5.92 Å². The van der Waals surface area contributed by atoms with Gasteiger partial charge in [-0.25, -0.2) is 0 Å². The van der Waals surface area contributed by atoms with E-state index in [1.807, 2.05) is 86.6 Å². The minimum absolute atomic E-state index is 0.0172. The number of amides is 2. The van der Waals surface area contributed by atoms with Crippen molar-refractivity contribution < 1.29 is 14.3 Å². The normalized spacial score (nSPS) is 15.5. The van der Waals surface area contributed by atoms with Gasteiger partial charge in [-0.2, -0.15) is 0 Å². The minimum atomic E-state index is -0.391. The first-order valence-corrected chi connectivity index (χ1v) is 11.4. The predicted molar refractivity (Wildman–Crippen MR) is 135 cm³/mol. The van der Waals surface area contributed by atoms with Crippen LogP contribution in [0, 0.1) is 19.8 Å². The molecule has 5 rings (SSSR count). The summed E-state index contributed by atoms with van der Waals surface area (Å²) in [6.45, 7) is 4.37. The molecule has 1 fully saturated rings. The van der Waals surface area contributed by atoms with E-state index >= 15 is 0 Å². The van der Waals surface area contributed by atoms with Gasteiger partial charge in [0.1, 0.15) is 11.5 Å². The van der Waals surface area contributed by atoms with Gasteiger partial charge < -0.3 is 15.0 Å². The van der Waals surface area contributed by atoms with Gasteiger partial charge in [0.15, 0.2) is 0 Å². The Kier molecular flexibility index (Phi) is 5.76. The van der Waals surface area contributed by atoms with Crippen LogP contribution in [-0.4, -0.2) is 18.4 Å². The van der Waals surface area contributed by atoms with Crippen molar-refractivity contribution in [3.63, 3.8) is 0 Å². The number of fused-ring (bicyclic) bond motifs is 1. The largest absolute Gasteiger partial charge is 0.457 e. The summed E-state index contributed by atoms with van der Waals surface area (Å²) in [5.74, 6) is 0.914. The van der Waals surface area contributed by atoms with E-state index in [2.05, 4.69) is 17.4 Å². The van der Waals surface area contributed by atoms with Crippen LogP contribution in [0.25, 0.3) is 10.8 Å². The van der Waals surface area contributed by atoms with Gasteiger partial charge in [0.25, 0.3) is 0 Å². The highest BCUT2D eigenvalue weighted by Crippen LogP contribution is 2.32. The molecule has 4 aromatic carbocycles. The fourth-order valence-corrected chi connectivity index (χ4v) is 4.59. The summed E-state index contributed by atoms with van der Waals surface area (Å²) in [5, 5.41) is 5.11. The van der Waals surface area contributed by atoms with E-state index in [1.165, 1.54) is 0 Å². The molecule has 1 aliphatic rings. The number of benzene rings is 4. The van der Waals surface area contributed by atoms with Gasteiger partial charge in [-0.1, -0.05) is 54.6 Å². The highest BCUT2D eigenvalue weighted by Gasteiger charge is 2.36. The summed E-state index contributed by atoms with van der Waals surface area (Å²) in [7, 11) is 0. The molecule has 0 unspecified atom stereocenters. The zero-order valence-corrected chi connectivity index (χ0v) is 19.2. The number of carbonyl (C=O) groups is 2. The van der Waals surface area contributed by atoms with Gasteiger partial charge in [0.2, 0.25) is 11.8 Å². The lowest BCUT2D eigenvalue weighted by Gasteiger charge is -2.21. The van der Waals surface area contributed by atoms with Crippen molar-refractivity contribution >= 4 is 34.0 Å². The molecular formula is C29H26N2O3. The Hall–Kier alpha value is -4.12. The molecule has 34 heavy (non-hydrogen) atoms. The number of rotatable bonds is 5. The van der Waals surface area contributed by atoms with Crippen LogP contribution in [0.2, 0.25) is 0 Å². The van der Waals surface area contributed by atoms with E-state index in [4.69, 9.17) is 4.74 Å². The Labute approximate surface area is 199 Å². The van der Waals surface area contributed by atoms with Crippen LogP contribution < -0.4 is 15.0 Å². The molecule has 0 spiro atoms. The molecular weight excluding hydrogens is 424 g/mol. The first-order chi connectivity index (χ1) is 16.5. The van der Waals surface area contributed by atoms with Crippen molar-refractivity contribution in [3.8, 4) is 11.5 Å². The maximum atomic E-state index is 12.9. The zero-order chi connectivity index (χ0) is 23.7. The molecule has 1 saturated heterocycles. The zero-order valence-electron chi connectivity index (χ0n) is 19.2. The molecule has 0 aliphatic carbocycles. The third-order valence-corrected chi connectivity index (χ3v) is 6.30. The number of ether oxygens (including phenoxy) is 1. The molecule has 0 aromatic heterocycles. The van der Waals surface area contributed by atoms with E-state index in [0.29, 0.717) is 18.0 Å². The highest BCUT2D eigenvalue weighted by atomic mass is 16.5. The van der Waals surface area contributed by atoms with Gasteiger partial charge in [0, 0.05) is 29.7 Å². The fraction of sp³-hybridized carbons (Fsp3) is 0.172. The van der Waals surface area contributed by atoms with Crippen molar-refractivity contribution in [1.82, 2.24) is 0 Å². The molecule has 2 amide bonds. The van der Waals surface area contributed by atoms with Crippen molar-refractivity contribution in [2.75, 3.05) is 16.8 Å². The molecule has 170 valence electrons. The molecule has 0 bridgehead atoms. The summed E-state index contributed by atoms with van der Waals surface area (Å²) in [4.78, 5) is 27.3.